The fourth-order valence-electron chi connectivity index (χ4n) is 0.909. The number of aromatic nitrogens is 1. The Kier molecular flexibility index (Phi) is 4.04. The summed E-state index contributed by atoms with van der Waals surface area (Å²) in [5.74, 6) is -1.88. The molecule has 0 aliphatic carbocycles. The molecule has 0 fully saturated rings. The van der Waals surface area contributed by atoms with Gasteiger partial charge < -0.3 is 5.32 Å². The van der Waals surface area contributed by atoms with Crippen LogP contribution < -0.4 is 5.32 Å². The van der Waals surface area contributed by atoms with Crippen LogP contribution in [0.1, 0.15) is 5.56 Å². The maximum atomic E-state index is 11.8. The molecule has 0 aromatic carbocycles. The van der Waals surface area contributed by atoms with Gasteiger partial charge in [-0.3, -0.25) is 9.78 Å². The molecule has 1 aromatic rings. The summed E-state index contributed by atoms with van der Waals surface area (Å²) >= 11 is 0. The van der Waals surface area contributed by atoms with Crippen molar-refractivity contribution in [3.63, 3.8) is 0 Å². The van der Waals surface area contributed by atoms with E-state index in [1.807, 2.05) is 0 Å². The molecule has 0 saturated carbocycles. The number of pyridine rings is 1. The van der Waals surface area contributed by atoms with Crippen molar-refractivity contribution in [2.75, 3.05) is 0 Å². The van der Waals surface area contributed by atoms with E-state index in [2.05, 4.69) is 10.3 Å². The number of rotatable bonds is 4. The number of ketones is 1. The molecule has 0 radical (unpaired) electrons. The van der Waals surface area contributed by atoms with Gasteiger partial charge in [-0.25, -0.2) is 0 Å². The third kappa shape index (κ3) is 4.12. The maximum Gasteiger partial charge on any atom is 0.454 e. The highest BCUT2D eigenvalue weighted by Crippen LogP contribution is 2.15. The zero-order valence-electron chi connectivity index (χ0n) is 8.16. The highest BCUT2D eigenvalue weighted by atomic mass is 19.4. The van der Waals surface area contributed by atoms with Crippen LogP contribution in [0, 0.1) is 0 Å². The molecule has 1 aromatic heterocycles. The van der Waals surface area contributed by atoms with Gasteiger partial charge in [0.05, 0.1) is 0 Å². The highest BCUT2D eigenvalue weighted by molar-refractivity contribution is 5.94. The molecule has 86 valence electrons. The van der Waals surface area contributed by atoms with Crippen molar-refractivity contribution in [1.82, 2.24) is 10.3 Å². The minimum Gasteiger partial charge on any atom is -0.387 e. The lowest BCUT2D eigenvalue weighted by Crippen LogP contribution is -2.20. The number of alkyl halides is 3. The van der Waals surface area contributed by atoms with E-state index in [1.165, 1.54) is 0 Å². The summed E-state index contributed by atoms with van der Waals surface area (Å²) in [6.07, 6.45) is -0.218. The second-order valence-corrected chi connectivity index (χ2v) is 2.94. The largest absolute Gasteiger partial charge is 0.454 e. The van der Waals surface area contributed by atoms with Gasteiger partial charge in [0.25, 0.3) is 5.78 Å². The number of hydrogen-bond donors (Lipinski definition) is 1. The Labute approximate surface area is 90.0 Å². The maximum absolute atomic E-state index is 11.8. The number of halogens is 3. The summed E-state index contributed by atoms with van der Waals surface area (Å²) in [6.45, 7) is 0.315. The molecular formula is C10H9F3N2O. The van der Waals surface area contributed by atoms with Crippen LogP contribution in [0.15, 0.2) is 36.8 Å². The smallest absolute Gasteiger partial charge is 0.387 e. The molecule has 0 aliphatic heterocycles. The van der Waals surface area contributed by atoms with E-state index in [9.17, 15) is 18.0 Å². The summed E-state index contributed by atoms with van der Waals surface area (Å²) in [4.78, 5) is 14.2. The molecule has 0 aliphatic rings. The van der Waals surface area contributed by atoms with Crippen molar-refractivity contribution in [2.45, 2.75) is 12.7 Å². The Morgan fingerprint density at radius 3 is 2.81 bits per heavy atom. The van der Waals surface area contributed by atoms with Crippen LogP contribution in [0.3, 0.4) is 0 Å². The number of carbonyl (C=O) groups is 1. The van der Waals surface area contributed by atoms with Gasteiger partial charge in [-0.1, -0.05) is 6.07 Å². The van der Waals surface area contributed by atoms with Crippen molar-refractivity contribution in [3.05, 3.63) is 42.4 Å². The van der Waals surface area contributed by atoms with E-state index in [0.29, 0.717) is 12.6 Å². The number of carbonyl (C=O) groups excluding carboxylic acids is 1. The van der Waals surface area contributed by atoms with E-state index in [1.54, 1.807) is 24.5 Å². The number of allylic oxidation sites excluding steroid dienone is 1. The van der Waals surface area contributed by atoms with Gasteiger partial charge in [-0.05, 0) is 11.6 Å². The van der Waals surface area contributed by atoms with Crippen molar-refractivity contribution in [1.29, 1.82) is 0 Å². The lowest BCUT2D eigenvalue weighted by atomic mass is 10.3. The summed E-state index contributed by atoms with van der Waals surface area (Å²) < 4.78 is 35.3. The van der Waals surface area contributed by atoms with Crippen LogP contribution >= 0.6 is 0 Å². The predicted molar refractivity (Wildman–Crippen MR) is 51.3 cm³/mol. The third-order valence-electron chi connectivity index (χ3n) is 1.66. The molecule has 0 unspecified atom stereocenters. The first-order valence-corrected chi connectivity index (χ1v) is 4.40. The van der Waals surface area contributed by atoms with Crippen LogP contribution in [0.2, 0.25) is 0 Å². The first-order valence-electron chi connectivity index (χ1n) is 4.40. The van der Waals surface area contributed by atoms with Gasteiger partial charge in [-0.2, -0.15) is 13.2 Å². The van der Waals surface area contributed by atoms with Crippen molar-refractivity contribution < 1.29 is 18.0 Å². The molecular weight excluding hydrogens is 221 g/mol. The molecule has 16 heavy (non-hydrogen) atoms. The van der Waals surface area contributed by atoms with Gasteiger partial charge in [-0.15, -0.1) is 0 Å². The SMILES string of the molecule is O=C(C=CNCc1cccnc1)C(F)(F)F. The Bertz CT molecular complexity index is 373. The molecule has 1 N–H and O–H groups in total. The Hall–Kier alpha value is -1.85. The zero-order valence-corrected chi connectivity index (χ0v) is 8.16. The number of nitrogens with zero attached hydrogens (tertiary/aromatic N) is 1. The van der Waals surface area contributed by atoms with Crippen molar-refractivity contribution in [2.24, 2.45) is 0 Å². The molecule has 0 amide bonds. The van der Waals surface area contributed by atoms with E-state index in [4.69, 9.17) is 0 Å². The molecule has 6 heteroatoms. The first kappa shape index (κ1) is 12.2. The second-order valence-electron chi connectivity index (χ2n) is 2.94. The van der Waals surface area contributed by atoms with E-state index in [-0.39, 0.29) is 0 Å². The van der Waals surface area contributed by atoms with Gasteiger partial charge in [0.2, 0.25) is 0 Å². The molecule has 3 nitrogen and oxygen atoms in total. The first-order chi connectivity index (χ1) is 7.50. The fraction of sp³-hybridized carbons (Fsp3) is 0.200. The normalized spacial score (nSPS) is 11.7. The molecule has 0 spiro atoms. The summed E-state index contributed by atoms with van der Waals surface area (Å²) in [5.41, 5.74) is 0.812. The lowest BCUT2D eigenvalue weighted by Gasteiger charge is -2.01. The average molecular weight is 230 g/mol. The van der Waals surface area contributed by atoms with E-state index < -0.39 is 12.0 Å². The Balaban J connectivity index is 2.37. The molecule has 0 saturated heterocycles. The van der Waals surface area contributed by atoms with Crippen molar-refractivity contribution in [3.8, 4) is 0 Å². The van der Waals surface area contributed by atoms with Crippen molar-refractivity contribution >= 4 is 5.78 Å². The monoisotopic (exact) mass is 230 g/mol. The minimum atomic E-state index is -4.81. The van der Waals surface area contributed by atoms with Gasteiger partial charge in [0.15, 0.2) is 0 Å². The van der Waals surface area contributed by atoms with E-state index in [0.717, 1.165) is 11.8 Å². The lowest BCUT2D eigenvalue weighted by molar-refractivity contribution is -0.165. The number of hydrogen-bond acceptors (Lipinski definition) is 3. The Morgan fingerprint density at radius 2 is 2.25 bits per heavy atom. The van der Waals surface area contributed by atoms with Gasteiger partial charge in [0.1, 0.15) is 0 Å². The van der Waals surface area contributed by atoms with Crippen LogP contribution in [0.5, 0.6) is 0 Å². The van der Waals surface area contributed by atoms with Gasteiger partial charge in [0, 0.05) is 31.2 Å². The topological polar surface area (TPSA) is 42.0 Å². The van der Waals surface area contributed by atoms with Crippen LogP contribution in [-0.2, 0) is 11.3 Å². The number of nitrogens with one attached hydrogen (secondary N) is 1. The third-order valence-corrected chi connectivity index (χ3v) is 1.66. The average Bonchev–Trinajstić information content (AvgIpc) is 2.24. The fourth-order valence-corrected chi connectivity index (χ4v) is 0.909. The molecule has 0 bridgehead atoms. The Morgan fingerprint density at radius 1 is 1.50 bits per heavy atom. The van der Waals surface area contributed by atoms with Crippen LogP contribution in [0.4, 0.5) is 13.2 Å². The molecule has 1 heterocycles. The van der Waals surface area contributed by atoms with Crippen LogP contribution in [0.25, 0.3) is 0 Å². The molecule has 1 rings (SSSR count). The van der Waals surface area contributed by atoms with E-state index >= 15 is 0 Å². The molecule has 0 atom stereocenters. The summed E-state index contributed by atoms with van der Waals surface area (Å²) in [7, 11) is 0. The minimum absolute atomic E-state index is 0.315. The standard InChI is InChI=1S/C10H9F3N2O/c11-10(12,13)9(16)3-5-15-7-8-2-1-4-14-6-8/h1-6,15H,7H2. The highest BCUT2D eigenvalue weighted by Gasteiger charge is 2.35. The summed E-state index contributed by atoms with van der Waals surface area (Å²) in [6, 6.07) is 3.47. The quantitative estimate of drug-likeness (QED) is 0.802. The summed E-state index contributed by atoms with van der Waals surface area (Å²) in [5, 5.41) is 2.56. The predicted octanol–water partition coefficient (Wildman–Crippen LogP) is 1.82. The van der Waals surface area contributed by atoms with Crippen LogP contribution in [-0.4, -0.2) is 16.9 Å². The zero-order chi connectivity index (χ0) is 12.0. The van der Waals surface area contributed by atoms with Gasteiger partial charge >= 0.3 is 6.18 Å². The second kappa shape index (κ2) is 5.29.